The molecule has 0 aliphatic rings. The van der Waals surface area contributed by atoms with Gasteiger partial charge in [-0.2, -0.15) is 0 Å². The van der Waals surface area contributed by atoms with Gasteiger partial charge in [-0.15, -0.1) is 16.8 Å². The lowest BCUT2D eigenvalue weighted by Crippen LogP contribution is -1.98. The van der Waals surface area contributed by atoms with Gasteiger partial charge in [-0.1, -0.05) is 12.1 Å². The van der Waals surface area contributed by atoms with Crippen LogP contribution in [0.1, 0.15) is 11.5 Å². The average Bonchev–Trinajstić information content (AvgIpc) is 3.16. The van der Waals surface area contributed by atoms with Crippen molar-refractivity contribution in [2.24, 2.45) is 0 Å². The van der Waals surface area contributed by atoms with Crippen LogP contribution >= 0.6 is 0 Å². The Bertz CT molecular complexity index is 872. The lowest BCUT2D eigenvalue weighted by molar-refractivity contribution is 0.251. The number of benzene rings is 2. The van der Waals surface area contributed by atoms with Crippen molar-refractivity contribution >= 4 is 0 Å². The zero-order chi connectivity index (χ0) is 18.4. The Hall–Kier alpha value is -3.28. The summed E-state index contributed by atoms with van der Waals surface area (Å²) in [6, 6.07) is 13.1. The molecule has 134 valence electrons. The first-order valence-electron chi connectivity index (χ1n) is 8.11. The zero-order valence-corrected chi connectivity index (χ0v) is 14.8. The van der Waals surface area contributed by atoms with Crippen molar-refractivity contribution in [3.63, 3.8) is 0 Å². The SMILES string of the molecule is C=CCc1ccc(OCc2nnc(-c3ccc(OC)cc3)o2)c(OC)c1. The summed E-state index contributed by atoms with van der Waals surface area (Å²) in [7, 11) is 3.23. The van der Waals surface area contributed by atoms with Gasteiger partial charge in [0.25, 0.3) is 5.89 Å². The van der Waals surface area contributed by atoms with Gasteiger partial charge in [0.15, 0.2) is 18.1 Å². The normalized spacial score (nSPS) is 10.4. The molecule has 3 aromatic rings. The minimum absolute atomic E-state index is 0.153. The highest BCUT2D eigenvalue weighted by molar-refractivity contribution is 5.54. The number of ether oxygens (including phenoxy) is 3. The second kappa shape index (κ2) is 8.20. The van der Waals surface area contributed by atoms with Crippen LogP contribution in [-0.4, -0.2) is 24.4 Å². The fourth-order valence-corrected chi connectivity index (χ4v) is 2.43. The van der Waals surface area contributed by atoms with E-state index >= 15 is 0 Å². The Morgan fingerprint density at radius 1 is 1.00 bits per heavy atom. The van der Waals surface area contributed by atoms with Gasteiger partial charge >= 0.3 is 0 Å². The molecule has 0 aliphatic heterocycles. The van der Waals surface area contributed by atoms with Crippen molar-refractivity contribution in [3.8, 4) is 28.7 Å². The van der Waals surface area contributed by atoms with E-state index in [1.807, 2.05) is 48.5 Å². The predicted molar refractivity (Wildman–Crippen MR) is 97.5 cm³/mol. The molecule has 0 N–H and O–H groups in total. The van der Waals surface area contributed by atoms with Gasteiger partial charge < -0.3 is 18.6 Å². The van der Waals surface area contributed by atoms with Gasteiger partial charge in [0.2, 0.25) is 5.89 Å². The molecule has 0 radical (unpaired) electrons. The van der Waals surface area contributed by atoms with Crippen LogP contribution in [-0.2, 0) is 13.0 Å². The number of hydrogen-bond donors (Lipinski definition) is 0. The van der Waals surface area contributed by atoms with Crippen LogP contribution in [0.4, 0.5) is 0 Å². The summed E-state index contributed by atoms with van der Waals surface area (Å²) in [4.78, 5) is 0. The van der Waals surface area contributed by atoms with Crippen LogP contribution in [0, 0.1) is 0 Å². The number of hydrogen-bond acceptors (Lipinski definition) is 6. The van der Waals surface area contributed by atoms with Crippen LogP contribution in [0.15, 0.2) is 59.5 Å². The molecule has 0 fully saturated rings. The van der Waals surface area contributed by atoms with Gasteiger partial charge in [0, 0.05) is 5.56 Å². The molecular weight excluding hydrogens is 332 g/mol. The number of methoxy groups -OCH3 is 2. The minimum atomic E-state index is 0.153. The number of allylic oxidation sites excluding steroid dienone is 1. The average molecular weight is 352 g/mol. The zero-order valence-electron chi connectivity index (χ0n) is 14.8. The van der Waals surface area contributed by atoms with E-state index in [4.69, 9.17) is 18.6 Å². The number of aromatic nitrogens is 2. The summed E-state index contributed by atoms with van der Waals surface area (Å²) in [5, 5.41) is 8.08. The Morgan fingerprint density at radius 3 is 2.50 bits per heavy atom. The molecule has 0 saturated heterocycles. The standard InChI is InChI=1S/C20H20N2O4/c1-4-5-14-6-11-17(18(12-14)24-3)25-13-19-21-22-20(26-19)15-7-9-16(23-2)10-8-15/h4,6-12H,1,5,13H2,2-3H3. The molecule has 6 nitrogen and oxygen atoms in total. The molecule has 0 atom stereocenters. The third-order valence-corrected chi connectivity index (χ3v) is 3.76. The minimum Gasteiger partial charge on any atom is -0.497 e. The summed E-state index contributed by atoms with van der Waals surface area (Å²) < 4.78 is 21.9. The van der Waals surface area contributed by atoms with Crippen molar-refractivity contribution in [2.75, 3.05) is 14.2 Å². The molecule has 26 heavy (non-hydrogen) atoms. The third-order valence-electron chi connectivity index (χ3n) is 3.76. The van der Waals surface area contributed by atoms with Crippen molar-refractivity contribution < 1.29 is 18.6 Å². The van der Waals surface area contributed by atoms with Crippen molar-refractivity contribution in [2.45, 2.75) is 13.0 Å². The van der Waals surface area contributed by atoms with Gasteiger partial charge in [-0.05, 0) is 48.4 Å². The highest BCUT2D eigenvalue weighted by atomic mass is 16.5. The monoisotopic (exact) mass is 352 g/mol. The van der Waals surface area contributed by atoms with Crippen LogP contribution in [0.25, 0.3) is 11.5 Å². The first-order chi connectivity index (χ1) is 12.7. The number of rotatable bonds is 8. The fourth-order valence-electron chi connectivity index (χ4n) is 2.43. The van der Waals surface area contributed by atoms with E-state index in [0.29, 0.717) is 23.3 Å². The summed E-state index contributed by atoms with van der Waals surface area (Å²) in [5.41, 5.74) is 1.92. The molecule has 2 aromatic carbocycles. The van der Waals surface area contributed by atoms with Crippen molar-refractivity contribution in [1.82, 2.24) is 10.2 Å². The van der Waals surface area contributed by atoms with E-state index in [1.54, 1.807) is 14.2 Å². The van der Waals surface area contributed by atoms with E-state index in [1.165, 1.54) is 0 Å². The highest BCUT2D eigenvalue weighted by Crippen LogP contribution is 2.29. The van der Waals surface area contributed by atoms with Crippen LogP contribution in [0.5, 0.6) is 17.2 Å². The maximum atomic E-state index is 5.77. The summed E-state index contributed by atoms with van der Waals surface area (Å²) in [5.74, 6) is 2.85. The molecule has 0 aliphatic carbocycles. The third kappa shape index (κ3) is 4.03. The summed E-state index contributed by atoms with van der Waals surface area (Å²) in [6.07, 6.45) is 2.61. The number of nitrogens with zero attached hydrogens (tertiary/aromatic N) is 2. The van der Waals surface area contributed by atoms with Crippen molar-refractivity contribution in [1.29, 1.82) is 0 Å². The largest absolute Gasteiger partial charge is 0.497 e. The van der Waals surface area contributed by atoms with E-state index in [9.17, 15) is 0 Å². The molecule has 1 aromatic heterocycles. The van der Waals surface area contributed by atoms with Crippen molar-refractivity contribution in [3.05, 3.63) is 66.6 Å². The predicted octanol–water partition coefficient (Wildman–Crippen LogP) is 4.06. The first-order valence-corrected chi connectivity index (χ1v) is 8.11. The lowest BCUT2D eigenvalue weighted by atomic mass is 10.1. The van der Waals surface area contributed by atoms with E-state index in [0.717, 1.165) is 23.3 Å². The molecule has 0 saturated carbocycles. The molecule has 1 heterocycles. The molecule has 0 amide bonds. The molecular formula is C20H20N2O4. The van der Waals surface area contributed by atoms with Gasteiger partial charge in [0.05, 0.1) is 14.2 Å². The second-order valence-electron chi connectivity index (χ2n) is 5.50. The van der Waals surface area contributed by atoms with Gasteiger partial charge in [-0.3, -0.25) is 0 Å². The Balaban J connectivity index is 1.68. The molecule has 6 heteroatoms. The quantitative estimate of drug-likeness (QED) is 0.570. The topological polar surface area (TPSA) is 66.6 Å². The van der Waals surface area contributed by atoms with Crippen LogP contribution < -0.4 is 14.2 Å². The maximum absolute atomic E-state index is 5.77. The Morgan fingerprint density at radius 2 is 1.81 bits per heavy atom. The smallest absolute Gasteiger partial charge is 0.254 e. The second-order valence-corrected chi connectivity index (χ2v) is 5.50. The molecule has 3 rings (SSSR count). The summed E-state index contributed by atoms with van der Waals surface area (Å²) in [6.45, 7) is 3.89. The highest BCUT2D eigenvalue weighted by Gasteiger charge is 2.11. The molecule has 0 bridgehead atoms. The van der Waals surface area contributed by atoms with Gasteiger partial charge in [0.1, 0.15) is 5.75 Å². The van der Waals surface area contributed by atoms with Crippen LogP contribution in [0.3, 0.4) is 0 Å². The van der Waals surface area contributed by atoms with E-state index in [-0.39, 0.29) is 6.61 Å². The Kier molecular flexibility index (Phi) is 5.53. The first kappa shape index (κ1) is 17.5. The van der Waals surface area contributed by atoms with E-state index in [2.05, 4.69) is 16.8 Å². The lowest BCUT2D eigenvalue weighted by Gasteiger charge is -2.10. The van der Waals surface area contributed by atoms with E-state index < -0.39 is 0 Å². The maximum Gasteiger partial charge on any atom is 0.254 e. The summed E-state index contributed by atoms with van der Waals surface area (Å²) >= 11 is 0. The van der Waals surface area contributed by atoms with Crippen LogP contribution in [0.2, 0.25) is 0 Å². The van der Waals surface area contributed by atoms with Gasteiger partial charge in [-0.25, -0.2) is 0 Å². The fraction of sp³-hybridized carbons (Fsp3) is 0.200. The molecule has 0 spiro atoms. The molecule has 0 unspecified atom stereocenters. The Labute approximate surface area is 152 Å².